The average Bonchev–Trinajstić information content (AvgIpc) is 2.61. The second-order valence-corrected chi connectivity index (χ2v) is 8.82. The van der Waals surface area contributed by atoms with Gasteiger partial charge in [-0.1, -0.05) is 20.8 Å². The van der Waals surface area contributed by atoms with Gasteiger partial charge in [-0.05, 0) is 55.6 Å². The minimum absolute atomic E-state index is 0.0514. The first kappa shape index (κ1) is 20.7. The van der Waals surface area contributed by atoms with Gasteiger partial charge in [-0.3, -0.25) is 4.79 Å². The number of carbonyl (C=O) groups is 1. The van der Waals surface area contributed by atoms with Gasteiger partial charge in [-0.15, -0.1) is 0 Å². The molecule has 3 unspecified atom stereocenters. The van der Waals surface area contributed by atoms with Crippen molar-refractivity contribution in [2.45, 2.75) is 44.2 Å². The molecule has 8 heteroatoms. The summed E-state index contributed by atoms with van der Waals surface area (Å²) in [5.74, 6) is 0.414. The molecule has 0 spiro atoms. The van der Waals surface area contributed by atoms with Crippen LogP contribution in [0.3, 0.4) is 0 Å². The van der Waals surface area contributed by atoms with E-state index in [2.05, 4.69) is 22.3 Å². The molecule has 0 radical (unpaired) electrons. The smallest absolute Gasteiger partial charge is 0.241 e. The lowest BCUT2D eigenvalue weighted by molar-refractivity contribution is -0.124. The van der Waals surface area contributed by atoms with Crippen molar-refractivity contribution >= 4 is 15.9 Å². The van der Waals surface area contributed by atoms with Gasteiger partial charge in [0.25, 0.3) is 0 Å². The van der Waals surface area contributed by atoms with Crippen LogP contribution in [-0.4, -0.2) is 46.6 Å². The lowest BCUT2D eigenvalue weighted by atomic mass is 9.94. The van der Waals surface area contributed by atoms with Crippen LogP contribution in [0.15, 0.2) is 29.2 Å². The van der Waals surface area contributed by atoms with Crippen LogP contribution >= 0.6 is 0 Å². The standard InChI is InChI=1S/C18H29N3O4S/c1-12(2)17(18(22)20-16-9-10-19-11-13(16)3)21-26(23,24)15-7-5-14(25-4)6-8-15/h5-8,12-13,16-17,19,21H,9-11H2,1-4H3,(H,20,22). The number of nitrogens with one attached hydrogen (secondary N) is 3. The zero-order valence-electron chi connectivity index (χ0n) is 15.8. The Morgan fingerprint density at radius 1 is 1.27 bits per heavy atom. The van der Waals surface area contributed by atoms with Crippen LogP contribution in [0, 0.1) is 11.8 Å². The van der Waals surface area contributed by atoms with Crippen LogP contribution in [0.2, 0.25) is 0 Å². The molecule has 0 bridgehead atoms. The SMILES string of the molecule is COc1ccc(S(=O)(=O)NC(C(=O)NC2CCNCC2C)C(C)C)cc1. The molecule has 7 nitrogen and oxygen atoms in total. The summed E-state index contributed by atoms with van der Waals surface area (Å²) < 4.78 is 32.9. The highest BCUT2D eigenvalue weighted by atomic mass is 32.2. The normalized spacial score (nSPS) is 22.0. The van der Waals surface area contributed by atoms with Gasteiger partial charge in [-0.2, -0.15) is 4.72 Å². The second kappa shape index (κ2) is 8.83. The fraction of sp³-hybridized carbons (Fsp3) is 0.611. The van der Waals surface area contributed by atoms with E-state index in [9.17, 15) is 13.2 Å². The lowest BCUT2D eigenvalue weighted by Gasteiger charge is -2.32. The summed E-state index contributed by atoms with van der Waals surface area (Å²) in [6.07, 6.45) is 0.836. The first-order valence-corrected chi connectivity index (χ1v) is 10.4. The third kappa shape index (κ3) is 5.18. The molecule has 1 saturated heterocycles. The number of hydrogen-bond donors (Lipinski definition) is 3. The summed E-state index contributed by atoms with van der Waals surface area (Å²) in [5.41, 5.74) is 0. The number of hydrogen-bond acceptors (Lipinski definition) is 5. The van der Waals surface area contributed by atoms with E-state index in [1.54, 1.807) is 12.1 Å². The molecule has 1 aromatic rings. The molecular weight excluding hydrogens is 354 g/mol. The van der Waals surface area contributed by atoms with Crippen LogP contribution < -0.4 is 20.1 Å². The summed E-state index contributed by atoms with van der Waals surface area (Å²) in [6.45, 7) is 7.41. The highest BCUT2D eigenvalue weighted by Crippen LogP contribution is 2.17. The maximum Gasteiger partial charge on any atom is 0.241 e. The van der Waals surface area contributed by atoms with Crippen molar-refractivity contribution in [1.29, 1.82) is 0 Å². The monoisotopic (exact) mass is 383 g/mol. The first-order valence-electron chi connectivity index (χ1n) is 8.92. The molecule has 146 valence electrons. The first-order chi connectivity index (χ1) is 12.2. The number of benzene rings is 1. The minimum atomic E-state index is -3.81. The van der Waals surface area contributed by atoms with E-state index in [0.717, 1.165) is 19.5 Å². The Bertz CT molecular complexity index is 704. The lowest BCUT2D eigenvalue weighted by Crippen LogP contribution is -2.55. The van der Waals surface area contributed by atoms with Crippen molar-refractivity contribution in [1.82, 2.24) is 15.4 Å². The third-order valence-electron chi connectivity index (χ3n) is 4.71. The molecule has 1 fully saturated rings. The Morgan fingerprint density at radius 3 is 2.46 bits per heavy atom. The van der Waals surface area contributed by atoms with Crippen molar-refractivity contribution in [2.75, 3.05) is 20.2 Å². The molecule has 1 heterocycles. The van der Waals surface area contributed by atoms with E-state index in [4.69, 9.17) is 4.74 Å². The summed E-state index contributed by atoms with van der Waals surface area (Å²) in [5, 5.41) is 6.30. The van der Waals surface area contributed by atoms with Crippen molar-refractivity contribution in [3.8, 4) is 5.75 Å². The van der Waals surface area contributed by atoms with Crippen molar-refractivity contribution in [2.24, 2.45) is 11.8 Å². The van der Waals surface area contributed by atoms with Crippen LogP contribution in [-0.2, 0) is 14.8 Å². The van der Waals surface area contributed by atoms with E-state index in [1.165, 1.54) is 19.2 Å². The highest BCUT2D eigenvalue weighted by molar-refractivity contribution is 7.89. The van der Waals surface area contributed by atoms with Gasteiger partial charge in [0.2, 0.25) is 15.9 Å². The van der Waals surface area contributed by atoms with Crippen LogP contribution in [0.25, 0.3) is 0 Å². The fourth-order valence-corrected chi connectivity index (χ4v) is 4.33. The van der Waals surface area contributed by atoms with Crippen molar-refractivity contribution < 1.29 is 17.9 Å². The predicted octanol–water partition coefficient (Wildman–Crippen LogP) is 1.11. The van der Waals surface area contributed by atoms with Gasteiger partial charge < -0.3 is 15.4 Å². The Morgan fingerprint density at radius 2 is 1.92 bits per heavy atom. The van der Waals surface area contributed by atoms with Gasteiger partial charge >= 0.3 is 0 Å². The summed E-state index contributed by atoms with van der Waals surface area (Å²) in [6, 6.07) is 5.31. The Balaban J connectivity index is 2.11. The minimum Gasteiger partial charge on any atom is -0.497 e. The summed E-state index contributed by atoms with van der Waals surface area (Å²) >= 11 is 0. The number of ether oxygens (including phenoxy) is 1. The Hall–Kier alpha value is -1.64. The molecule has 2 rings (SSSR count). The molecule has 3 N–H and O–H groups in total. The van der Waals surface area contributed by atoms with E-state index in [0.29, 0.717) is 11.7 Å². The van der Waals surface area contributed by atoms with E-state index >= 15 is 0 Å². The maximum atomic E-state index is 12.7. The number of methoxy groups -OCH3 is 1. The predicted molar refractivity (Wildman–Crippen MR) is 101 cm³/mol. The van der Waals surface area contributed by atoms with Crippen molar-refractivity contribution in [3.63, 3.8) is 0 Å². The number of carbonyl (C=O) groups excluding carboxylic acids is 1. The molecule has 1 aliphatic rings. The molecule has 1 aliphatic heterocycles. The van der Waals surface area contributed by atoms with E-state index in [-0.39, 0.29) is 22.8 Å². The third-order valence-corrected chi connectivity index (χ3v) is 6.17. The maximum absolute atomic E-state index is 12.7. The van der Waals surface area contributed by atoms with Crippen LogP contribution in [0.4, 0.5) is 0 Å². The molecule has 0 aromatic heterocycles. The number of rotatable bonds is 7. The average molecular weight is 384 g/mol. The molecule has 0 saturated carbocycles. The van der Waals surface area contributed by atoms with Gasteiger partial charge in [0.15, 0.2) is 0 Å². The van der Waals surface area contributed by atoms with E-state index < -0.39 is 16.1 Å². The molecule has 1 aromatic carbocycles. The van der Waals surface area contributed by atoms with Crippen molar-refractivity contribution in [3.05, 3.63) is 24.3 Å². The number of amides is 1. The van der Waals surface area contributed by atoms with Crippen LogP contribution in [0.5, 0.6) is 5.75 Å². The second-order valence-electron chi connectivity index (χ2n) is 7.10. The fourth-order valence-electron chi connectivity index (χ4n) is 2.98. The topological polar surface area (TPSA) is 96.5 Å². The molecule has 1 amide bonds. The van der Waals surface area contributed by atoms with Gasteiger partial charge in [-0.25, -0.2) is 8.42 Å². The Kier molecular flexibility index (Phi) is 7.02. The number of piperidine rings is 1. The number of sulfonamides is 1. The summed E-state index contributed by atoms with van der Waals surface area (Å²) in [4.78, 5) is 12.8. The molecular formula is C18H29N3O4S. The molecule has 3 atom stereocenters. The van der Waals surface area contributed by atoms with Gasteiger partial charge in [0.05, 0.1) is 12.0 Å². The van der Waals surface area contributed by atoms with Crippen LogP contribution in [0.1, 0.15) is 27.2 Å². The largest absolute Gasteiger partial charge is 0.497 e. The Labute approximate surface area is 155 Å². The molecule has 26 heavy (non-hydrogen) atoms. The van der Waals surface area contributed by atoms with Gasteiger partial charge in [0, 0.05) is 6.04 Å². The zero-order chi connectivity index (χ0) is 19.3. The highest BCUT2D eigenvalue weighted by Gasteiger charge is 2.31. The van der Waals surface area contributed by atoms with E-state index in [1.807, 2.05) is 13.8 Å². The zero-order valence-corrected chi connectivity index (χ0v) is 16.6. The van der Waals surface area contributed by atoms with Gasteiger partial charge in [0.1, 0.15) is 11.8 Å². The summed E-state index contributed by atoms with van der Waals surface area (Å²) in [7, 11) is -2.29. The quantitative estimate of drug-likeness (QED) is 0.655. The molecule has 0 aliphatic carbocycles.